The van der Waals surface area contributed by atoms with Gasteiger partial charge in [0.05, 0.1) is 27.0 Å². The van der Waals surface area contributed by atoms with Crippen LogP contribution in [0.15, 0.2) is 54.9 Å². The predicted octanol–water partition coefficient (Wildman–Crippen LogP) is 5.60. The number of urea groups is 1. The van der Waals surface area contributed by atoms with E-state index in [-0.39, 0.29) is 35.8 Å². The summed E-state index contributed by atoms with van der Waals surface area (Å²) in [6.07, 6.45) is 7.59. The monoisotopic (exact) mass is 617 g/mol. The minimum atomic E-state index is -0.586. The number of fused-ring (bicyclic) bond motifs is 1. The van der Waals surface area contributed by atoms with Gasteiger partial charge in [0.2, 0.25) is 5.91 Å². The fourth-order valence-corrected chi connectivity index (χ4v) is 6.29. The van der Waals surface area contributed by atoms with Crippen molar-refractivity contribution in [3.8, 4) is 22.1 Å². The lowest BCUT2D eigenvalue weighted by atomic mass is 9.93. The molecule has 2 aliphatic rings. The molecule has 12 heteroatoms. The first-order valence-corrected chi connectivity index (χ1v) is 15.8. The molecule has 4 heterocycles. The highest BCUT2D eigenvalue weighted by molar-refractivity contribution is 7.22. The number of benzene rings is 1. The van der Waals surface area contributed by atoms with E-state index in [4.69, 9.17) is 15.5 Å². The van der Waals surface area contributed by atoms with Gasteiger partial charge in [-0.3, -0.25) is 19.7 Å². The maximum atomic E-state index is 14.9. The van der Waals surface area contributed by atoms with Crippen molar-refractivity contribution in [2.75, 3.05) is 18.4 Å². The molecule has 10 nitrogen and oxygen atoms in total. The second-order valence-corrected chi connectivity index (χ2v) is 12.4. The highest BCUT2D eigenvalue weighted by Crippen LogP contribution is 2.39. The van der Waals surface area contributed by atoms with Crippen molar-refractivity contribution in [3.63, 3.8) is 0 Å². The Morgan fingerprint density at radius 1 is 1.11 bits per heavy atom. The van der Waals surface area contributed by atoms with Crippen molar-refractivity contribution in [1.29, 1.82) is 0 Å². The Bertz CT molecular complexity index is 1640. The van der Waals surface area contributed by atoms with Crippen LogP contribution in [0.2, 0.25) is 0 Å². The first kappa shape index (κ1) is 29.9. The molecule has 230 valence electrons. The third kappa shape index (κ3) is 7.15. The summed E-state index contributed by atoms with van der Waals surface area (Å²) in [6.45, 7) is 4.16. The molecule has 0 bridgehead atoms. The smallest absolute Gasteiger partial charge is 0.319 e. The number of piperidine rings is 1. The maximum Gasteiger partial charge on any atom is 0.319 e. The molecule has 0 radical (unpaired) electrons. The number of anilines is 1. The lowest BCUT2D eigenvalue weighted by Crippen LogP contribution is -2.50. The minimum Gasteiger partial charge on any atom is -0.453 e. The number of pyridine rings is 2. The summed E-state index contributed by atoms with van der Waals surface area (Å²) in [6, 6.07) is 11.9. The number of thiophene rings is 1. The number of nitrogens with one attached hydrogen (secondary N) is 3. The van der Waals surface area contributed by atoms with Crippen LogP contribution in [-0.4, -0.2) is 52.1 Å². The van der Waals surface area contributed by atoms with E-state index < -0.39 is 5.82 Å². The summed E-state index contributed by atoms with van der Waals surface area (Å²) in [5, 5.41) is 8.45. The number of carbonyl (C=O) groups excluding carboxylic acids is 2. The van der Waals surface area contributed by atoms with Gasteiger partial charge in [0.1, 0.15) is 5.75 Å². The SMILES string of the molecule is CCCNC(=O)C1CCN(Cc2ccc(-c3cc4nccc(Oc5ccc(NC(=O)NC6CC6)cc5F)c4s3)nc2)C(N)C1. The molecule has 44 heavy (non-hydrogen) atoms. The van der Waals surface area contributed by atoms with Crippen molar-refractivity contribution in [3.05, 3.63) is 66.2 Å². The summed E-state index contributed by atoms with van der Waals surface area (Å²) >= 11 is 1.47. The second-order valence-electron chi connectivity index (χ2n) is 11.4. The standard InChI is InChI=1S/C32H36FN7O3S/c1-2-11-36-31(41)20-10-13-40(29(34)14-20)18-19-3-7-24(37-17-19)28-16-25-30(44-28)27(9-12-35-25)43-26-8-6-22(15-23(26)33)39-32(42)38-21-4-5-21/h3,6-9,12,15-17,20-21,29H,2,4-5,10-11,13-14,18,34H2,1H3,(H,36,41)(H2,38,39,42). The number of amides is 3. The van der Waals surface area contributed by atoms with E-state index in [0.29, 0.717) is 30.9 Å². The van der Waals surface area contributed by atoms with Crippen LogP contribution >= 0.6 is 11.3 Å². The number of hydrogen-bond donors (Lipinski definition) is 4. The van der Waals surface area contributed by atoms with Gasteiger partial charge in [0.25, 0.3) is 0 Å². The molecule has 2 fully saturated rings. The Labute approximate surface area is 259 Å². The molecular formula is C32H36FN7O3S. The third-order valence-electron chi connectivity index (χ3n) is 7.84. The van der Waals surface area contributed by atoms with Crippen molar-refractivity contribution in [1.82, 2.24) is 25.5 Å². The Morgan fingerprint density at radius 2 is 1.98 bits per heavy atom. The zero-order chi connectivity index (χ0) is 30.6. The van der Waals surface area contributed by atoms with Crippen LogP contribution in [0.4, 0.5) is 14.9 Å². The van der Waals surface area contributed by atoms with Gasteiger partial charge in [-0.05, 0) is 61.9 Å². The lowest BCUT2D eigenvalue weighted by molar-refractivity contribution is -0.127. The van der Waals surface area contributed by atoms with Crippen LogP contribution in [0.1, 0.15) is 44.6 Å². The molecular weight excluding hydrogens is 581 g/mol. The van der Waals surface area contributed by atoms with E-state index in [9.17, 15) is 14.0 Å². The number of hydrogen-bond acceptors (Lipinski definition) is 8. The van der Waals surface area contributed by atoms with Crippen LogP contribution in [0, 0.1) is 11.7 Å². The number of carbonyl (C=O) groups is 2. The fraction of sp³-hybridized carbons (Fsp3) is 0.375. The average Bonchev–Trinajstić information content (AvgIpc) is 3.72. The molecule has 5 N–H and O–H groups in total. The number of nitrogens with two attached hydrogens (primary N) is 1. The van der Waals surface area contributed by atoms with E-state index in [2.05, 4.69) is 25.8 Å². The molecule has 3 amide bonds. The highest BCUT2D eigenvalue weighted by Gasteiger charge is 2.30. The largest absolute Gasteiger partial charge is 0.453 e. The molecule has 1 saturated heterocycles. The topological polar surface area (TPSA) is 134 Å². The number of nitrogens with zero attached hydrogens (tertiary/aromatic N) is 3. The summed E-state index contributed by atoms with van der Waals surface area (Å²) < 4.78 is 21.7. The molecule has 1 saturated carbocycles. The second kappa shape index (κ2) is 13.2. The molecule has 1 aliphatic heterocycles. The van der Waals surface area contributed by atoms with E-state index in [1.807, 2.05) is 31.3 Å². The zero-order valence-electron chi connectivity index (χ0n) is 24.5. The van der Waals surface area contributed by atoms with E-state index in [0.717, 1.165) is 58.6 Å². The highest BCUT2D eigenvalue weighted by atomic mass is 32.1. The lowest BCUT2D eigenvalue weighted by Gasteiger charge is -2.36. The molecule has 0 spiro atoms. The molecule has 1 aliphatic carbocycles. The number of rotatable bonds is 10. The van der Waals surface area contributed by atoms with Crippen molar-refractivity contribution < 1.29 is 18.7 Å². The van der Waals surface area contributed by atoms with Crippen LogP contribution < -0.4 is 26.4 Å². The number of halogens is 1. The van der Waals surface area contributed by atoms with Crippen molar-refractivity contribution >= 4 is 39.2 Å². The molecule has 6 rings (SSSR count). The van der Waals surface area contributed by atoms with Crippen LogP contribution in [0.5, 0.6) is 11.5 Å². The van der Waals surface area contributed by atoms with Crippen molar-refractivity contribution in [2.24, 2.45) is 11.7 Å². The Morgan fingerprint density at radius 3 is 2.70 bits per heavy atom. The van der Waals surface area contributed by atoms with E-state index in [1.165, 1.54) is 23.5 Å². The quantitative estimate of drug-likeness (QED) is 0.182. The normalized spacial score (nSPS) is 18.6. The van der Waals surface area contributed by atoms with E-state index >= 15 is 0 Å². The first-order valence-electron chi connectivity index (χ1n) is 15.0. The molecule has 2 atom stereocenters. The van der Waals surface area contributed by atoms with Gasteiger partial charge in [0.15, 0.2) is 11.6 Å². The Kier molecular flexibility index (Phi) is 9.01. The van der Waals surface area contributed by atoms with Gasteiger partial charge in [-0.1, -0.05) is 13.0 Å². The number of ether oxygens (including phenoxy) is 1. The summed E-state index contributed by atoms with van der Waals surface area (Å²) in [4.78, 5) is 36.6. The van der Waals surface area contributed by atoms with Crippen LogP contribution in [-0.2, 0) is 11.3 Å². The van der Waals surface area contributed by atoms with Crippen LogP contribution in [0.25, 0.3) is 20.8 Å². The van der Waals surface area contributed by atoms with Gasteiger partial charge >= 0.3 is 6.03 Å². The predicted molar refractivity (Wildman–Crippen MR) is 169 cm³/mol. The van der Waals surface area contributed by atoms with Gasteiger partial charge in [0, 0.05) is 61.8 Å². The Hall–Kier alpha value is -4.13. The Balaban J connectivity index is 1.10. The van der Waals surface area contributed by atoms with Gasteiger partial charge < -0.3 is 26.4 Å². The summed E-state index contributed by atoms with van der Waals surface area (Å²) in [7, 11) is 0. The zero-order valence-corrected chi connectivity index (χ0v) is 25.3. The van der Waals surface area contributed by atoms with Gasteiger partial charge in [-0.25, -0.2) is 9.18 Å². The molecule has 2 unspecified atom stereocenters. The van der Waals surface area contributed by atoms with Gasteiger partial charge in [-0.15, -0.1) is 11.3 Å². The molecule has 3 aromatic heterocycles. The van der Waals surface area contributed by atoms with Crippen molar-refractivity contribution in [2.45, 2.75) is 57.8 Å². The summed E-state index contributed by atoms with van der Waals surface area (Å²) in [5.74, 6) is 0.00420. The van der Waals surface area contributed by atoms with Gasteiger partial charge in [-0.2, -0.15) is 0 Å². The number of aromatic nitrogens is 2. The molecule has 1 aromatic carbocycles. The maximum absolute atomic E-state index is 14.9. The summed E-state index contributed by atoms with van der Waals surface area (Å²) in [5.41, 5.74) is 9.35. The number of likely N-dealkylation sites (tertiary alicyclic amines) is 1. The third-order valence-corrected chi connectivity index (χ3v) is 9.00. The molecule has 4 aromatic rings. The first-order chi connectivity index (χ1) is 21.4. The minimum absolute atomic E-state index is 0.0403. The average molecular weight is 618 g/mol. The fourth-order valence-electron chi connectivity index (χ4n) is 5.25. The van der Waals surface area contributed by atoms with Crippen LogP contribution in [0.3, 0.4) is 0 Å². The van der Waals surface area contributed by atoms with E-state index in [1.54, 1.807) is 18.3 Å².